The molecular formula is C12H18N2O2. The molecule has 1 aromatic carbocycles. The normalized spacial score (nSPS) is 11.2. The van der Waals surface area contributed by atoms with E-state index in [-0.39, 0.29) is 0 Å². The Labute approximate surface area is 95.6 Å². The van der Waals surface area contributed by atoms with E-state index in [0.717, 1.165) is 5.01 Å². The Morgan fingerprint density at radius 3 is 2.25 bits per heavy atom. The second-order valence-corrected chi connectivity index (χ2v) is 3.75. The predicted molar refractivity (Wildman–Crippen MR) is 63.6 cm³/mol. The Bertz CT molecular complexity index is 347. The fourth-order valence-electron chi connectivity index (χ4n) is 1.48. The monoisotopic (exact) mass is 222 g/mol. The molecule has 16 heavy (non-hydrogen) atoms. The van der Waals surface area contributed by atoms with Gasteiger partial charge in [-0.25, -0.2) is 10.9 Å². The van der Waals surface area contributed by atoms with Gasteiger partial charge in [0.25, 0.3) is 5.91 Å². The molecule has 4 heteroatoms. The number of hydrogen-bond acceptors (Lipinski definition) is 3. The van der Waals surface area contributed by atoms with Gasteiger partial charge in [0.05, 0.1) is 5.69 Å². The fourth-order valence-corrected chi connectivity index (χ4v) is 1.48. The summed E-state index contributed by atoms with van der Waals surface area (Å²) in [5, 5.41) is 11.1. The maximum Gasteiger partial charge on any atom is 0.273 e. The summed E-state index contributed by atoms with van der Waals surface area (Å²) < 4.78 is 0. The standard InChI is InChI=1S/C12H18N2O2/c1-3-12(16,4-2)11(15)14(13)10-8-6-5-7-9-10/h5-9,16H,3-4,13H2,1-2H3. The van der Waals surface area contributed by atoms with E-state index in [9.17, 15) is 9.90 Å². The molecule has 0 radical (unpaired) electrons. The second-order valence-electron chi connectivity index (χ2n) is 3.75. The molecule has 0 aliphatic rings. The van der Waals surface area contributed by atoms with E-state index in [0.29, 0.717) is 18.5 Å². The van der Waals surface area contributed by atoms with Crippen molar-refractivity contribution in [2.75, 3.05) is 5.01 Å². The Morgan fingerprint density at radius 2 is 1.81 bits per heavy atom. The van der Waals surface area contributed by atoms with Crippen LogP contribution in [0.5, 0.6) is 0 Å². The van der Waals surface area contributed by atoms with E-state index in [1.165, 1.54) is 0 Å². The minimum absolute atomic E-state index is 0.350. The highest BCUT2D eigenvalue weighted by molar-refractivity contribution is 5.98. The lowest BCUT2D eigenvalue weighted by Gasteiger charge is -2.28. The third kappa shape index (κ3) is 2.40. The first-order valence-corrected chi connectivity index (χ1v) is 5.42. The number of carbonyl (C=O) groups is 1. The van der Waals surface area contributed by atoms with Crippen LogP contribution >= 0.6 is 0 Å². The van der Waals surface area contributed by atoms with Gasteiger partial charge in [-0.15, -0.1) is 0 Å². The van der Waals surface area contributed by atoms with Crippen molar-refractivity contribution in [3.8, 4) is 0 Å². The summed E-state index contributed by atoms with van der Waals surface area (Å²) in [6.45, 7) is 3.53. The van der Waals surface area contributed by atoms with Crippen molar-refractivity contribution in [2.45, 2.75) is 32.3 Å². The Morgan fingerprint density at radius 1 is 1.31 bits per heavy atom. The number of carbonyl (C=O) groups excluding carboxylic acids is 1. The highest BCUT2D eigenvalue weighted by Crippen LogP contribution is 2.20. The molecule has 0 bridgehead atoms. The van der Waals surface area contributed by atoms with Crippen LogP contribution in [0.4, 0.5) is 5.69 Å². The molecule has 4 nitrogen and oxygen atoms in total. The fraction of sp³-hybridized carbons (Fsp3) is 0.417. The Hall–Kier alpha value is -1.39. The molecule has 0 aliphatic heterocycles. The zero-order valence-corrected chi connectivity index (χ0v) is 9.68. The summed E-state index contributed by atoms with van der Waals surface area (Å²) in [5.41, 5.74) is -0.794. The molecule has 3 N–H and O–H groups in total. The number of amides is 1. The predicted octanol–water partition coefficient (Wildman–Crippen LogP) is 1.44. The maximum atomic E-state index is 12.0. The molecule has 1 amide bonds. The molecule has 0 saturated heterocycles. The summed E-state index contributed by atoms with van der Waals surface area (Å²) in [4.78, 5) is 12.0. The molecule has 1 rings (SSSR count). The third-order valence-corrected chi connectivity index (χ3v) is 2.82. The summed E-state index contributed by atoms with van der Waals surface area (Å²) in [6, 6.07) is 8.87. The number of benzene rings is 1. The lowest BCUT2D eigenvalue weighted by molar-refractivity contribution is -0.137. The van der Waals surface area contributed by atoms with Crippen LogP contribution in [0.2, 0.25) is 0 Å². The van der Waals surface area contributed by atoms with Crippen molar-refractivity contribution in [1.29, 1.82) is 0 Å². The van der Waals surface area contributed by atoms with E-state index in [1.807, 2.05) is 6.07 Å². The number of hydrogen-bond donors (Lipinski definition) is 2. The SMILES string of the molecule is CCC(O)(CC)C(=O)N(N)c1ccccc1. The van der Waals surface area contributed by atoms with Crippen molar-refractivity contribution in [3.05, 3.63) is 30.3 Å². The molecule has 88 valence electrons. The lowest BCUT2D eigenvalue weighted by Crippen LogP contribution is -2.51. The topological polar surface area (TPSA) is 66.6 Å². The summed E-state index contributed by atoms with van der Waals surface area (Å²) in [7, 11) is 0. The van der Waals surface area contributed by atoms with Crippen molar-refractivity contribution >= 4 is 11.6 Å². The molecule has 0 saturated carbocycles. The van der Waals surface area contributed by atoms with E-state index in [1.54, 1.807) is 38.1 Å². The van der Waals surface area contributed by atoms with Gasteiger partial charge in [0.2, 0.25) is 0 Å². The summed E-state index contributed by atoms with van der Waals surface area (Å²) in [5.74, 6) is 5.23. The van der Waals surface area contributed by atoms with Crippen LogP contribution in [0.3, 0.4) is 0 Å². The van der Waals surface area contributed by atoms with Crippen LogP contribution < -0.4 is 10.9 Å². The van der Waals surface area contributed by atoms with E-state index >= 15 is 0 Å². The van der Waals surface area contributed by atoms with Crippen LogP contribution in [0.15, 0.2) is 30.3 Å². The lowest BCUT2D eigenvalue weighted by atomic mass is 9.96. The maximum absolute atomic E-state index is 12.0. The van der Waals surface area contributed by atoms with Crippen LogP contribution in [-0.2, 0) is 4.79 Å². The number of nitrogens with two attached hydrogens (primary N) is 1. The number of anilines is 1. The number of hydrazine groups is 1. The molecule has 1 aromatic rings. The van der Waals surface area contributed by atoms with Gasteiger partial charge < -0.3 is 5.11 Å². The molecule has 0 spiro atoms. The van der Waals surface area contributed by atoms with E-state index < -0.39 is 11.5 Å². The van der Waals surface area contributed by atoms with Gasteiger partial charge >= 0.3 is 0 Å². The van der Waals surface area contributed by atoms with Gasteiger partial charge in [-0.1, -0.05) is 32.0 Å². The average Bonchev–Trinajstić information content (AvgIpc) is 2.37. The van der Waals surface area contributed by atoms with Crippen LogP contribution in [0, 0.1) is 0 Å². The average molecular weight is 222 g/mol. The smallest absolute Gasteiger partial charge is 0.273 e. The quantitative estimate of drug-likeness (QED) is 0.460. The van der Waals surface area contributed by atoms with E-state index in [2.05, 4.69) is 0 Å². The summed E-state index contributed by atoms with van der Waals surface area (Å²) in [6.07, 6.45) is 0.700. The first kappa shape index (κ1) is 12.7. The third-order valence-electron chi connectivity index (χ3n) is 2.82. The number of aliphatic hydroxyl groups is 1. The van der Waals surface area contributed by atoms with Gasteiger partial charge in [0.1, 0.15) is 5.60 Å². The number of rotatable bonds is 4. The zero-order valence-electron chi connectivity index (χ0n) is 9.68. The highest BCUT2D eigenvalue weighted by Gasteiger charge is 2.35. The van der Waals surface area contributed by atoms with Crippen molar-refractivity contribution in [1.82, 2.24) is 0 Å². The Balaban J connectivity index is 2.90. The largest absolute Gasteiger partial charge is 0.380 e. The first-order chi connectivity index (χ1) is 7.55. The second kappa shape index (κ2) is 5.09. The molecule has 0 atom stereocenters. The minimum Gasteiger partial charge on any atom is -0.380 e. The molecule has 0 aliphatic carbocycles. The first-order valence-electron chi connectivity index (χ1n) is 5.42. The van der Waals surface area contributed by atoms with Gasteiger partial charge in [0, 0.05) is 0 Å². The number of nitrogens with zero attached hydrogens (tertiary/aromatic N) is 1. The van der Waals surface area contributed by atoms with Crippen molar-refractivity contribution in [2.24, 2.45) is 5.84 Å². The highest BCUT2D eigenvalue weighted by atomic mass is 16.3. The number of para-hydroxylation sites is 1. The molecule has 0 aromatic heterocycles. The molecule has 0 unspecified atom stereocenters. The molecule has 0 fully saturated rings. The van der Waals surface area contributed by atoms with Gasteiger partial charge in [-0.2, -0.15) is 0 Å². The van der Waals surface area contributed by atoms with Crippen molar-refractivity contribution in [3.63, 3.8) is 0 Å². The van der Waals surface area contributed by atoms with Crippen LogP contribution in [0.1, 0.15) is 26.7 Å². The van der Waals surface area contributed by atoms with Gasteiger partial charge in [-0.05, 0) is 25.0 Å². The molecule has 0 heterocycles. The van der Waals surface area contributed by atoms with E-state index in [4.69, 9.17) is 5.84 Å². The van der Waals surface area contributed by atoms with Crippen LogP contribution in [-0.4, -0.2) is 16.6 Å². The van der Waals surface area contributed by atoms with Crippen molar-refractivity contribution < 1.29 is 9.90 Å². The van der Waals surface area contributed by atoms with Gasteiger partial charge in [-0.3, -0.25) is 4.79 Å². The summed E-state index contributed by atoms with van der Waals surface area (Å²) >= 11 is 0. The van der Waals surface area contributed by atoms with Gasteiger partial charge in [0.15, 0.2) is 0 Å². The Kier molecular flexibility index (Phi) is 4.04. The zero-order chi connectivity index (χ0) is 12.2. The van der Waals surface area contributed by atoms with Crippen LogP contribution in [0.25, 0.3) is 0 Å². The molecular weight excluding hydrogens is 204 g/mol. The minimum atomic E-state index is -1.37.